The minimum absolute atomic E-state index is 0.278. The molecule has 2 rings (SSSR count). The first-order chi connectivity index (χ1) is 16.6. The smallest absolute Gasteiger partial charge is 0.321 e. The van der Waals surface area contributed by atoms with Crippen molar-refractivity contribution >= 4 is 5.97 Å². The molecule has 2 atom stereocenters. The van der Waals surface area contributed by atoms with Crippen molar-refractivity contribution in [3.05, 3.63) is 59.7 Å². The number of ether oxygens (including phenoxy) is 5. The number of carbonyl (C=O) groups excluding carboxylic acids is 1. The van der Waals surface area contributed by atoms with Crippen molar-refractivity contribution in [3.8, 4) is 11.5 Å². The van der Waals surface area contributed by atoms with Gasteiger partial charge in [0.1, 0.15) is 22.5 Å². The van der Waals surface area contributed by atoms with Gasteiger partial charge in [0, 0.05) is 13.2 Å². The molecule has 0 fully saturated rings. The summed E-state index contributed by atoms with van der Waals surface area (Å²) < 4.78 is 28.6. The summed E-state index contributed by atoms with van der Waals surface area (Å²) in [6.07, 6.45) is 0.665. The zero-order valence-corrected chi connectivity index (χ0v) is 22.6. The van der Waals surface area contributed by atoms with Crippen LogP contribution in [0.15, 0.2) is 48.5 Å². The Morgan fingerprint density at radius 2 is 1.14 bits per heavy atom. The van der Waals surface area contributed by atoms with Crippen molar-refractivity contribution in [2.45, 2.75) is 91.8 Å². The molecule has 0 aliphatic rings. The lowest BCUT2D eigenvalue weighted by Gasteiger charge is -2.35. The SMILES string of the molecule is CCCC(C(=O)OC(C)(C)C)(c1ccc(OC(C)OCC)cc1)c1ccc(OC(C)OCC)cc1. The molecule has 194 valence electrons. The lowest BCUT2D eigenvalue weighted by atomic mass is 9.71. The van der Waals surface area contributed by atoms with Gasteiger partial charge in [-0.25, -0.2) is 0 Å². The fourth-order valence-electron chi connectivity index (χ4n) is 4.09. The summed E-state index contributed by atoms with van der Waals surface area (Å²) in [6, 6.07) is 15.3. The van der Waals surface area contributed by atoms with Crippen molar-refractivity contribution in [1.82, 2.24) is 0 Å². The van der Waals surface area contributed by atoms with Crippen molar-refractivity contribution < 1.29 is 28.5 Å². The van der Waals surface area contributed by atoms with E-state index in [-0.39, 0.29) is 18.5 Å². The molecule has 0 spiro atoms. The number of benzene rings is 2. The van der Waals surface area contributed by atoms with Crippen LogP contribution in [0.25, 0.3) is 0 Å². The van der Waals surface area contributed by atoms with Gasteiger partial charge in [-0.05, 0) is 90.3 Å². The van der Waals surface area contributed by atoms with Crippen LogP contribution in [0.4, 0.5) is 0 Å². The molecule has 6 nitrogen and oxygen atoms in total. The molecule has 2 aromatic carbocycles. The highest BCUT2D eigenvalue weighted by atomic mass is 16.7. The van der Waals surface area contributed by atoms with Gasteiger partial charge in [-0.2, -0.15) is 0 Å². The van der Waals surface area contributed by atoms with Crippen molar-refractivity contribution in [2.75, 3.05) is 13.2 Å². The molecule has 2 unspecified atom stereocenters. The third kappa shape index (κ3) is 7.97. The summed E-state index contributed by atoms with van der Waals surface area (Å²) >= 11 is 0. The molecule has 0 radical (unpaired) electrons. The van der Waals surface area contributed by atoms with Gasteiger partial charge in [-0.3, -0.25) is 4.79 Å². The van der Waals surface area contributed by atoms with Gasteiger partial charge >= 0.3 is 5.97 Å². The zero-order valence-electron chi connectivity index (χ0n) is 22.6. The Hall–Kier alpha value is -2.57. The van der Waals surface area contributed by atoms with Crippen molar-refractivity contribution in [1.29, 1.82) is 0 Å². The van der Waals surface area contributed by atoms with Gasteiger partial charge in [0.25, 0.3) is 0 Å². The fourth-order valence-corrected chi connectivity index (χ4v) is 4.09. The van der Waals surface area contributed by atoms with E-state index in [1.807, 2.05) is 97.0 Å². The van der Waals surface area contributed by atoms with Crippen LogP contribution in [0.1, 0.15) is 79.4 Å². The summed E-state index contributed by atoms with van der Waals surface area (Å²) in [4.78, 5) is 13.8. The average molecular weight is 487 g/mol. The molecular weight excluding hydrogens is 444 g/mol. The first kappa shape index (κ1) is 28.7. The van der Waals surface area contributed by atoms with Crippen LogP contribution in [0.3, 0.4) is 0 Å². The lowest BCUT2D eigenvalue weighted by Crippen LogP contribution is -2.42. The predicted octanol–water partition coefficient (Wildman–Crippen LogP) is 6.64. The third-order valence-corrected chi connectivity index (χ3v) is 5.47. The normalized spacial score (nSPS) is 15.1. The molecule has 0 N–H and O–H groups in total. The molecule has 0 amide bonds. The van der Waals surface area contributed by atoms with Gasteiger partial charge < -0.3 is 23.7 Å². The van der Waals surface area contributed by atoms with Gasteiger partial charge in [-0.1, -0.05) is 37.6 Å². The van der Waals surface area contributed by atoms with Gasteiger partial charge in [0.2, 0.25) is 0 Å². The topological polar surface area (TPSA) is 63.2 Å². The zero-order chi connectivity index (χ0) is 26.1. The average Bonchev–Trinajstić information content (AvgIpc) is 2.78. The Bertz CT molecular complexity index is 841. The molecule has 35 heavy (non-hydrogen) atoms. The quantitative estimate of drug-likeness (QED) is 0.234. The molecule has 0 aliphatic carbocycles. The highest BCUT2D eigenvalue weighted by Crippen LogP contribution is 2.40. The summed E-state index contributed by atoms with van der Waals surface area (Å²) in [6.45, 7) is 16.4. The number of rotatable bonds is 13. The Morgan fingerprint density at radius 3 is 1.46 bits per heavy atom. The first-order valence-corrected chi connectivity index (χ1v) is 12.6. The maximum Gasteiger partial charge on any atom is 0.321 e. The molecule has 2 aromatic rings. The third-order valence-electron chi connectivity index (χ3n) is 5.47. The van der Waals surface area contributed by atoms with Crippen LogP contribution < -0.4 is 9.47 Å². The first-order valence-electron chi connectivity index (χ1n) is 12.6. The second-order valence-corrected chi connectivity index (χ2v) is 9.49. The van der Waals surface area contributed by atoms with Gasteiger partial charge in [-0.15, -0.1) is 0 Å². The van der Waals surface area contributed by atoms with E-state index in [2.05, 4.69) is 6.92 Å². The Labute approximate surface area is 210 Å². The standard InChI is InChI=1S/C29H42O6/c1-9-20-29(27(30)35-28(6,7)8,23-12-16-25(17-13-23)33-21(4)31-10-2)24-14-18-26(19-15-24)34-22(5)32-11-3/h12-19,21-22H,9-11,20H2,1-8H3. The molecular formula is C29H42O6. The summed E-state index contributed by atoms with van der Waals surface area (Å²) in [5.74, 6) is 1.08. The van der Waals surface area contributed by atoms with Gasteiger partial charge in [0.05, 0.1) is 0 Å². The maximum absolute atomic E-state index is 13.8. The van der Waals surface area contributed by atoms with E-state index in [1.54, 1.807) is 0 Å². The molecule has 0 aliphatic heterocycles. The monoisotopic (exact) mass is 486 g/mol. The molecule has 0 heterocycles. The van der Waals surface area contributed by atoms with E-state index in [0.29, 0.717) is 31.1 Å². The molecule has 0 bridgehead atoms. The number of hydrogen-bond acceptors (Lipinski definition) is 6. The Kier molecular flexibility index (Phi) is 10.6. The number of hydrogen-bond donors (Lipinski definition) is 0. The number of esters is 1. The summed E-state index contributed by atoms with van der Waals surface area (Å²) in [5, 5.41) is 0. The van der Waals surface area contributed by atoms with Crippen LogP contribution >= 0.6 is 0 Å². The number of carbonyl (C=O) groups is 1. The Morgan fingerprint density at radius 1 is 0.743 bits per heavy atom. The predicted molar refractivity (Wildman–Crippen MR) is 138 cm³/mol. The van der Waals surface area contributed by atoms with Crippen molar-refractivity contribution in [2.24, 2.45) is 0 Å². The van der Waals surface area contributed by atoms with Crippen LogP contribution in [-0.2, 0) is 24.4 Å². The van der Waals surface area contributed by atoms with E-state index in [9.17, 15) is 4.79 Å². The Balaban J connectivity index is 2.50. The maximum atomic E-state index is 13.8. The molecule has 0 saturated heterocycles. The second kappa shape index (κ2) is 12.9. The van der Waals surface area contributed by atoms with Crippen LogP contribution in [0, 0.1) is 0 Å². The van der Waals surface area contributed by atoms with E-state index >= 15 is 0 Å². The van der Waals surface area contributed by atoms with Crippen LogP contribution in [0.5, 0.6) is 11.5 Å². The van der Waals surface area contributed by atoms with E-state index in [4.69, 9.17) is 23.7 Å². The van der Waals surface area contributed by atoms with Crippen LogP contribution in [-0.4, -0.2) is 37.4 Å². The van der Waals surface area contributed by atoms with Crippen LogP contribution in [0.2, 0.25) is 0 Å². The molecule has 6 heteroatoms. The minimum atomic E-state index is -0.976. The second-order valence-electron chi connectivity index (χ2n) is 9.49. The highest BCUT2D eigenvalue weighted by molar-refractivity contribution is 5.88. The van der Waals surface area contributed by atoms with E-state index < -0.39 is 11.0 Å². The minimum Gasteiger partial charge on any atom is -0.465 e. The lowest BCUT2D eigenvalue weighted by molar-refractivity contribution is -0.160. The van der Waals surface area contributed by atoms with E-state index in [1.165, 1.54) is 0 Å². The molecule has 0 aromatic heterocycles. The summed E-state index contributed by atoms with van der Waals surface area (Å²) in [5.41, 5.74) is 0.0980. The highest BCUT2D eigenvalue weighted by Gasteiger charge is 2.44. The van der Waals surface area contributed by atoms with Gasteiger partial charge in [0.15, 0.2) is 12.6 Å². The summed E-state index contributed by atoms with van der Waals surface area (Å²) in [7, 11) is 0. The van der Waals surface area contributed by atoms with E-state index in [0.717, 1.165) is 17.5 Å². The largest absolute Gasteiger partial charge is 0.465 e. The van der Waals surface area contributed by atoms with Crippen molar-refractivity contribution in [3.63, 3.8) is 0 Å². The molecule has 0 saturated carbocycles. The fraction of sp³-hybridized carbons (Fsp3) is 0.552.